The number of benzene rings is 2. The largest absolute Gasteiger partial charge is 0.495 e. The molecule has 0 amide bonds. The molecule has 5 nitrogen and oxygen atoms in total. The molecule has 0 aliphatic carbocycles. The Bertz CT molecular complexity index is 928. The Morgan fingerprint density at radius 1 is 1.15 bits per heavy atom. The van der Waals surface area contributed by atoms with Crippen molar-refractivity contribution in [3.8, 4) is 5.75 Å². The number of para-hydroxylation sites is 3. The van der Waals surface area contributed by atoms with Crippen molar-refractivity contribution in [2.75, 3.05) is 19.0 Å². The number of nitrogens with one attached hydrogen (secondary N) is 1. The highest BCUT2D eigenvalue weighted by Gasteiger charge is 2.18. The number of anilines is 2. The molecule has 0 atom stereocenters. The molecule has 0 saturated heterocycles. The number of aromatic nitrogens is 1. The average molecular weight is 373 g/mol. The van der Waals surface area contributed by atoms with Crippen LogP contribution in [0.5, 0.6) is 5.75 Å². The molecule has 136 valence electrons. The molecule has 3 rings (SSSR count). The van der Waals surface area contributed by atoms with Crippen molar-refractivity contribution in [1.82, 2.24) is 4.98 Å². The average Bonchev–Trinajstić information content (AvgIpc) is 2.63. The Labute approximate surface area is 158 Å². The van der Waals surface area contributed by atoms with Gasteiger partial charge in [0.25, 0.3) is 0 Å². The highest BCUT2D eigenvalue weighted by molar-refractivity contribution is 6.06. The molecule has 3 aromatic rings. The first-order valence-electron chi connectivity index (χ1n) is 8.11. The van der Waals surface area contributed by atoms with Gasteiger partial charge in [0.2, 0.25) is 0 Å². The summed E-state index contributed by atoms with van der Waals surface area (Å²) in [5.41, 5.74) is 3.70. The van der Waals surface area contributed by atoms with Gasteiger partial charge in [-0.25, -0.2) is 4.79 Å². The number of hydrogen-bond donors (Lipinski definition) is 1. The van der Waals surface area contributed by atoms with Gasteiger partial charge >= 0.3 is 5.97 Å². The summed E-state index contributed by atoms with van der Waals surface area (Å²) in [6, 6.07) is 13.4. The van der Waals surface area contributed by atoms with Gasteiger partial charge in [0.15, 0.2) is 0 Å². The number of fused-ring (bicyclic) bond motifs is 1. The van der Waals surface area contributed by atoms with E-state index in [4.69, 9.17) is 9.47 Å². The van der Waals surface area contributed by atoms with Crippen LogP contribution in [0.2, 0.25) is 0 Å². The number of ether oxygens (including phenoxy) is 2. The Kier molecular flexibility index (Phi) is 6.41. The number of hydrogen-bond acceptors (Lipinski definition) is 5. The summed E-state index contributed by atoms with van der Waals surface area (Å²) in [4.78, 5) is 16.9. The zero-order valence-corrected chi connectivity index (χ0v) is 15.7. The zero-order chi connectivity index (χ0) is 17.8. The van der Waals surface area contributed by atoms with E-state index in [0.717, 1.165) is 22.2 Å². The van der Waals surface area contributed by atoms with Crippen LogP contribution in [0, 0.1) is 6.92 Å². The predicted octanol–water partition coefficient (Wildman–Crippen LogP) is 4.89. The molecule has 6 heteroatoms. The SMILES string of the molecule is CCOC(=O)c1cnc2c(C)cccc2c1Nc1ccccc1OC.Cl. The quantitative estimate of drug-likeness (QED) is 0.646. The first kappa shape index (κ1) is 19.5. The van der Waals surface area contributed by atoms with Gasteiger partial charge in [0.1, 0.15) is 11.3 Å². The normalized spacial score (nSPS) is 10.1. The molecule has 0 radical (unpaired) electrons. The molecule has 0 bridgehead atoms. The minimum atomic E-state index is -0.407. The standard InChI is InChI=1S/C20H20N2O3.ClH/c1-4-25-20(23)15-12-21-18-13(2)8-7-9-14(18)19(15)22-16-10-5-6-11-17(16)24-3;/h5-12H,4H2,1-3H3,(H,21,22);1H. The van der Waals surface area contributed by atoms with Crippen molar-refractivity contribution < 1.29 is 14.3 Å². The lowest BCUT2D eigenvalue weighted by atomic mass is 10.1. The lowest BCUT2D eigenvalue weighted by molar-refractivity contribution is 0.0527. The summed E-state index contributed by atoms with van der Waals surface area (Å²) in [5, 5.41) is 4.19. The fraction of sp³-hybridized carbons (Fsp3) is 0.200. The monoisotopic (exact) mass is 372 g/mol. The highest BCUT2D eigenvalue weighted by atomic mass is 35.5. The number of carbonyl (C=O) groups is 1. The van der Waals surface area contributed by atoms with Crippen LogP contribution in [0.15, 0.2) is 48.7 Å². The molecule has 0 fully saturated rings. The first-order chi connectivity index (χ1) is 12.2. The molecular formula is C20H21ClN2O3. The Morgan fingerprint density at radius 3 is 2.65 bits per heavy atom. The number of esters is 1. The van der Waals surface area contributed by atoms with Crippen LogP contribution in [0.25, 0.3) is 10.9 Å². The number of rotatable bonds is 5. The summed E-state index contributed by atoms with van der Waals surface area (Å²) >= 11 is 0. The third kappa shape index (κ3) is 3.73. The van der Waals surface area contributed by atoms with E-state index in [0.29, 0.717) is 23.6 Å². The highest BCUT2D eigenvalue weighted by Crippen LogP contribution is 2.34. The Morgan fingerprint density at radius 2 is 1.92 bits per heavy atom. The Balaban J connectivity index is 0.00000243. The zero-order valence-electron chi connectivity index (χ0n) is 14.9. The molecule has 1 aromatic heterocycles. The molecule has 2 aromatic carbocycles. The van der Waals surface area contributed by atoms with Crippen LogP contribution >= 0.6 is 12.4 Å². The van der Waals surface area contributed by atoms with Crippen LogP contribution in [0.3, 0.4) is 0 Å². The fourth-order valence-corrected chi connectivity index (χ4v) is 2.75. The summed E-state index contributed by atoms with van der Waals surface area (Å²) in [7, 11) is 1.61. The fourth-order valence-electron chi connectivity index (χ4n) is 2.75. The van der Waals surface area contributed by atoms with E-state index in [9.17, 15) is 4.79 Å². The maximum atomic E-state index is 12.4. The minimum absolute atomic E-state index is 0. The summed E-state index contributed by atoms with van der Waals surface area (Å²) in [6.45, 7) is 4.08. The smallest absolute Gasteiger partial charge is 0.341 e. The van der Waals surface area contributed by atoms with E-state index in [1.54, 1.807) is 20.2 Å². The first-order valence-corrected chi connectivity index (χ1v) is 8.11. The lowest BCUT2D eigenvalue weighted by Crippen LogP contribution is -2.09. The van der Waals surface area contributed by atoms with Crippen LogP contribution in [0.4, 0.5) is 11.4 Å². The van der Waals surface area contributed by atoms with E-state index in [1.807, 2.05) is 49.4 Å². The summed E-state index contributed by atoms with van der Waals surface area (Å²) in [6.07, 6.45) is 1.56. The van der Waals surface area contributed by atoms with E-state index in [1.165, 1.54) is 0 Å². The number of halogens is 1. The second-order valence-corrected chi connectivity index (χ2v) is 5.56. The number of methoxy groups -OCH3 is 1. The molecule has 0 aliphatic rings. The lowest BCUT2D eigenvalue weighted by Gasteiger charge is -2.16. The molecule has 0 aliphatic heterocycles. The van der Waals surface area contributed by atoms with Crippen LogP contribution in [-0.2, 0) is 4.74 Å². The van der Waals surface area contributed by atoms with E-state index in [-0.39, 0.29) is 12.4 Å². The molecular weight excluding hydrogens is 352 g/mol. The maximum Gasteiger partial charge on any atom is 0.341 e. The predicted molar refractivity (Wildman–Crippen MR) is 106 cm³/mol. The third-order valence-electron chi connectivity index (χ3n) is 3.96. The molecule has 0 saturated carbocycles. The van der Waals surface area contributed by atoms with Crippen molar-refractivity contribution >= 4 is 40.7 Å². The minimum Gasteiger partial charge on any atom is -0.495 e. The van der Waals surface area contributed by atoms with E-state index in [2.05, 4.69) is 10.3 Å². The second kappa shape index (κ2) is 8.54. The van der Waals surface area contributed by atoms with E-state index < -0.39 is 5.97 Å². The molecule has 0 spiro atoms. The molecule has 1 heterocycles. The van der Waals surface area contributed by atoms with Gasteiger partial charge < -0.3 is 14.8 Å². The summed E-state index contributed by atoms with van der Waals surface area (Å²) in [5.74, 6) is 0.283. The molecule has 26 heavy (non-hydrogen) atoms. The van der Waals surface area contributed by atoms with Crippen LogP contribution in [0.1, 0.15) is 22.8 Å². The third-order valence-corrected chi connectivity index (χ3v) is 3.96. The van der Waals surface area contributed by atoms with Crippen molar-refractivity contribution in [1.29, 1.82) is 0 Å². The second-order valence-electron chi connectivity index (χ2n) is 5.56. The topological polar surface area (TPSA) is 60.5 Å². The van der Waals surface area contributed by atoms with Gasteiger partial charge in [0.05, 0.1) is 30.6 Å². The number of nitrogens with zero attached hydrogens (tertiary/aromatic N) is 1. The van der Waals surface area contributed by atoms with Crippen molar-refractivity contribution in [2.45, 2.75) is 13.8 Å². The number of carbonyl (C=O) groups excluding carboxylic acids is 1. The van der Waals surface area contributed by atoms with E-state index >= 15 is 0 Å². The Hall–Kier alpha value is -2.79. The van der Waals surface area contributed by atoms with Gasteiger partial charge in [-0.15, -0.1) is 12.4 Å². The van der Waals surface area contributed by atoms with Gasteiger partial charge in [-0.1, -0.05) is 30.3 Å². The maximum absolute atomic E-state index is 12.4. The summed E-state index contributed by atoms with van der Waals surface area (Å²) < 4.78 is 10.6. The number of pyridine rings is 1. The van der Waals surface area contributed by atoms with Gasteiger partial charge in [-0.05, 0) is 31.5 Å². The van der Waals surface area contributed by atoms with Crippen molar-refractivity contribution in [3.63, 3.8) is 0 Å². The molecule has 0 unspecified atom stereocenters. The van der Waals surface area contributed by atoms with Gasteiger partial charge in [0, 0.05) is 11.6 Å². The van der Waals surface area contributed by atoms with Crippen LogP contribution in [-0.4, -0.2) is 24.7 Å². The van der Waals surface area contributed by atoms with Gasteiger partial charge in [-0.2, -0.15) is 0 Å². The van der Waals surface area contributed by atoms with Crippen LogP contribution < -0.4 is 10.1 Å². The van der Waals surface area contributed by atoms with Crippen molar-refractivity contribution in [2.24, 2.45) is 0 Å². The van der Waals surface area contributed by atoms with Crippen molar-refractivity contribution in [3.05, 3.63) is 59.8 Å². The number of aryl methyl sites for hydroxylation is 1. The molecule has 1 N–H and O–H groups in total. The van der Waals surface area contributed by atoms with Gasteiger partial charge in [-0.3, -0.25) is 4.98 Å².